The number of hydrogen-bond donors (Lipinski definition) is 2. The number of anilines is 1. The number of nitrogens with zero attached hydrogens (tertiary/aromatic N) is 1. The van der Waals surface area contributed by atoms with Crippen LogP contribution in [0.4, 0.5) is 5.69 Å². The Balaban J connectivity index is 2.31. The normalized spacial score (nSPS) is 18.5. The molecule has 1 saturated heterocycles. The molecule has 3 amide bonds. The van der Waals surface area contributed by atoms with E-state index in [0.29, 0.717) is 36.2 Å². The SMILES string of the molecule is Cc1c(N)cccc1C(=O)N(C=O)C1CCCCNC1=O. The summed E-state index contributed by atoms with van der Waals surface area (Å²) in [5, 5.41) is 2.73. The monoisotopic (exact) mass is 289 g/mol. The van der Waals surface area contributed by atoms with Gasteiger partial charge in [-0.3, -0.25) is 19.3 Å². The Bertz CT molecular complexity index is 571. The van der Waals surface area contributed by atoms with Gasteiger partial charge in [-0.05, 0) is 43.9 Å². The predicted octanol–water partition coefficient (Wildman–Crippen LogP) is 0.845. The van der Waals surface area contributed by atoms with Crippen LogP contribution < -0.4 is 11.1 Å². The summed E-state index contributed by atoms with van der Waals surface area (Å²) < 4.78 is 0. The molecule has 1 atom stereocenters. The van der Waals surface area contributed by atoms with E-state index >= 15 is 0 Å². The largest absolute Gasteiger partial charge is 0.398 e. The summed E-state index contributed by atoms with van der Waals surface area (Å²) in [5.41, 5.74) is 7.24. The van der Waals surface area contributed by atoms with Crippen LogP contribution in [0.1, 0.15) is 35.2 Å². The van der Waals surface area contributed by atoms with Gasteiger partial charge in [0.2, 0.25) is 12.3 Å². The fourth-order valence-electron chi connectivity index (χ4n) is 2.48. The van der Waals surface area contributed by atoms with Gasteiger partial charge < -0.3 is 11.1 Å². The molecule has 0 radical (unpaired) electrons. The Morgan fingerprint density at radius 1 is 1.43 bits per heavy atom. The molecule has 1 aliphatic rings. The van der Waals surface area contributed by atoms with E-state index in [1.807, 2.05) is 0 Å². The van der Waals surface area contributed by atoms with Crippen LogP contribution in [0.3, 0.4) is 0 Å². The second-order valence-electron chi connectivity index (χ2n) is 5.14. The quantitative estimate of drug-likeness (QED) is 0.637. The lowest BCUT2D eigenvalue weighted by molar-refractivity contribution is -0.130. The molecule has 0 saturated carbocycles. The third-order valence-corrected chi connectivity index (χ3v) is 3.80. The van der Waals surface area contributed by atoms with E-state index in [1.165, 1.54) is 0 Å². The summed E-state index contributed by atoms with van der Waals surface area (Å²) in [6, 6.07) is 4.21. The fraction of sp³-hybridized carbons (Fsp3) is 0.400. The molecule has 0 spiro atoms. The molecule has 1 heterocycles. The smallest absolute Gasteiger partial charge is 0.261 e. The first-order valence-electron chi connectivity index (χ1n) is 6.97. The minimum atomic E-state index is -0.752. The molecule has 6 heteroatoms. The Morgan fingerprint density at radius 3 is 2.90 bits per heavy atom. The third-order valence-electron chi connectivity index (χ3n) is 3.80. The van der Waals surface area contributed by atoms with Crippen molar-refractivity contribution in [1.82, 2.24) is 10.2 Å². The molecule has 0 bridgehead atoms. The molecule has 6 nitrogen and oxygen atoms in total. The lowest BCUT2D eigenvalue weighted by atomic mass is 10.0. The third kappa shape index (κ3) is 3.04. The van der Waals surface area contributed by atoms with Crippen molar-refractivity contribution in [2.45, 2.75) is 32.2 Å². The maximum Gasteiger partial charge on any atom is 0.261 e. The number of carbonyl (C=O) groups is 3. The van der Waals surface area contributed by atoms with E-state index in [-0.39, 0.29) is 5.91 Å². The van der Waals surface area contributed by atoms with E-state index < -0.39 is 11.9 Å². The average Bonchev–Trinajstić information content (AvgIpc) is 2.68. The van der Waals surface area contributed by atoms with Crippen molar-refractivity contribution in [3.05, 3.63) is 29.3 Å². The van der Waals surface area contributed by atoms with Crippen LogP contribution in [-0.4, -0.2) is 35.7 Å². The topological polar surface area (TPSA) is 92.5 Å². The second-order valence-corrected chi connectivity index (χ2v) is 5.14. The van der Waals surface area contributed by atoms with Crippen molar-refractivity contribution in [2.24, 2.45) is 0 Å². The summed E-state index contributed by atoms with van der Waals surface area (Å²) >= 11 is 0. The van der Waals surface area contributed by atoms with Crippen LogP contribution in [0, 0.1) is 6.92 Å². The molecule has 112 valence electrons. The second kappa shape index (κ2) is 6.39. The molecule has 1 aliphatic heterocycles. The van der Waals surface area contributed by atoms with Gasteiger partial charge in [0, 0.05) is 17.8 Å². The minimum absolute atomic E-state index is 0.283. The summed E-state index contributed by atoms with van der Waals surface area (Å²) in [5.74, 6) is -0.772. The zero-order valence-electron chi connectivity index (χ0n) is 12.0. The number of nitrogens with two attached hydrogens (primary N) is 1. The lowest BCUT2D eigenvalue weighted by Crippen LogP contribution is -2.48. The van der Waals surface area contributed by atoms with Gasteiger partial charge in [0.1, 0.15) is 6.04 Å². The van der Waals surface area contributed by atoms with Gasteiger partial charge in [-0.2, -0.15) is 0 Å². The molecule has 1 aromatic rings. The number of hydrogen-bond acceptors (Lipinski definition) is 4. The maximum absolute atomic E-state index is 12.6. The average molecular weight is 289 g/mol. The van der Waals surface area contributed by atoms with E-state index in [2.05, 4.69) is 5.32 Å². The molecular weight excluding hydrogens is 270 g/mol. The van der Waals surface area contributed by atoms with Crippen LogP contribution in [0.25, 0.3) is 0 Å². The standard InChI is InChI=1S/C15H19N3O3/c1-10-11(5-4-6-12(10)16)15(21)18(9-19)13-7-2-3-8-17-14(13)20/h4-6,9,13H,2-3,7-8,16H2,1H3,(H,17,20). The number of imide groups is 1. The van der Waals surface area contributed by atoms with E-state index in [1.54, 1.807) is 25.1 Å². The summed E-state index contributed by atoms with van der Waals surface area (Å²) in [6.45, 7) is 2.30. The summed E-state index contributed by atoms with van der Waals surface area (Å²) in [4.78, 5) is 36.9. The molecule has 3 N–H and O–H groups in total. The van der Waals surface area contributed by atoms with Crippen LogP contribution in [-0.2, 0) is 9.59 Å². The highest BCUT2D eigenvalue weighted by Gasteiger charge is 2.31. The van der Waals surface area contributed by atoms with Crippen molar-refractivity contribution >= 4 is 23.9 Å². The predicted molar refractivity (Wildman–Crippen MR) is 78.5 cm³/mol. The number of amides is 3. The van der Waals surface area contributed by atoms with Gasteiger partial charge in [-0.15, -0.1) is 0 Å². The highest BCUT2D eigenvalue weighted by molar-refractivity contribution is 6.04. The van der Waals surface area contributed by atoms with Crippen LogP contribution in [0.15, 0.2) is 18.2 Å². The highest BCUT2D eigenvalue weighted by Crippen LogP contribution is 2.20. The maximum atomic E-state index is 12.6. The van der Waals surface area contributed by atoms with E-state index in [9.17, 15) is 14.4 Å². The Kier molecular flexibility index (Phi) is 4.57. The van der Waals surface area contributed by atoms with Crippen molar-refractivity contribution in [3.63, 3.8) is 0 Å². The molecule has 0 aromatic heterocycles. The first kappa shape index (κ1) is 15.0. The van der Waals surface area contributed by atoms with Gasteiger partial charge in [-0.25, -0.2) is 0 Å². The lowest BCUT2D eigenvalue weighted by Gasteiger charge is -2.25. The Morgan fingerprint density at radius 2 is 2.19 bits per heavy atom. The fourth-order valence-corrected chi connectivity index (χ4v) is 2.48. The van der Waals surface area contributed by atoms with Gasteiger partial charge in [0.15, 0.2) is 0 Å². The van der Waals surface area contributed by atoms with Crippen LogP contribution >= 0.6 is 0 Å². The Hall–Kier alpha value is -2.37. The van der Waals surface area contributed by atoms with Crippen LogP contribution in [0.5, 0.6) is 0 Å². The van der Waals surface area contributed by atoms with Crippen molar-refractivity contribution in [2.75, 3.05) is 12.3 Å². The molecule has 21 heavy (non-hydrogen) atoms. The summed E-state index contributed by atoms with van der Waals surface area (Å²) in [7, 11) is 0. The number of carbonyl (C=O) groups excluding carboxylic acids is 3. The van der Waals surface area contributed by atoms with E-state index in [0.717, 1.165) is 17.7 Å². The number of nitrogen functional groups attached to an aromatic ring is 1. The van der Waals surface area contributed by atoms with Gasteiger partial charge >= 0.3 is 0 Å². The highest BCUT2D eigenvalue weighted by atomic mass is 16.2. The minimum Gasteiger partial charge on any atom is -0.398 e. The first-order valence-corrected chi connectivity index (χ1v) is 6.97. The van der Waals surface area contributed by atoms with Gasteiger partial charge in [-0.1, -0.05) is 6.07 Å². The molecule has 1 unspecified atom stereocenters. The van der Waals surface area contributed by atoms with Crippen molar-refractivity contribution < 1.29 is 14.4 Å². The van der Waals surface area contributed by atoms with Gasteiger partial charge in [0.25, 0.3) is 5.91 Å². The zero-order valence-corrected chi connectivity index (χ0v) is 12.0. The number of nitrogens with one attached hydrogen (secondary N) is 1. The molecule has 2 rings (SSSR count). The van der Waals surface area contributed by atoms with Gasteiger partial charge in [0.05, 0.1) is 0 Å². The molecule has 1 fully saturated rings. The van der Waals surface area contributed by atoms with E-state index in [4.69, 9.17) is 5.73 Å². The molecule has 0 aliphatic carbocycles. The zero-order chi connectivity index (χ0) is 15.4. The molecule has 1 aromatic carbocycles. The first-order chi connectivity index (χ1) is 10.1. The number of benzene rings is 1. The van der Waals surface area contributed by atoms with Crippen molar-refractivity contribution in [1.29, 1.82) is 0 Å². The Labute approximate surface area is 123 Å². The number of rotatable bonds is 3. The van der Waals surface area contributed by atoms with Crippen molar-refractivity contribution in [3.8, 4) is 0 Å². The summed E-state index contributed by atoms with van der Waals surface area (Å²) in [6.07, 6.45) is 2.55. The van der Waals surface area contributed by atoms with Crippen LogP contribution in [0.2, 0.25) is 0 Å². The molecular formula is C15H19N3O3.